The van der Waals surface area contributed by atoms with Crippen LogP contribution in [0.3, 0.4) is 0 Å². The van der Waals surface area contributed by atoms with Crippen LogP contribution in [0.15, 0.2) is 54.9 Å². The third-order valence-corrected chi connectivity index (χ3v) is 6.09. The number of anilines is 4. The number of nitrogens with one attached hydrogen (secondary N) is 4. The maximum atomic E-state index is 12.9. The van der Waals surface area contributed by atoms with Crippen molar-refractivity contribution in [2.45, 2.75) is 25.1 Å². The maximum Gasteiger partial charge on any atom is 0.416 e. The number of hydrogen-bond donors (Lipinski definition) is 5. The number of carbonyl (C=O) groups is 1. The third-order valence-electron chi connectivity index (χ3n) is 6.09. The highest BCUT2D eigenvalue weighted by Gasteiger charge is 2.30. The molecule has 0 aliphatic carbocycles. The topological polar surface area (TPSA) is 132 Å². The van der Waals surface area contributed by atoms with Crippen molar-refractivity contribution in [3.63, 3.8) is 0 Å². The van der Waals surface area contributed by atoms with Gasteiger partial charge in [0, 0.05) is 23.0 Å². The molecule has 0 unspecified atom stereocenters. The van der Waals surface area contributed by atoms with Crippen LogP contribution >= 0.6 is 0 Å². The average molecular weight is 537 g/mol. The van der Waals surface area contributed by atoms with Crippen LogP contribution in [-0.4, -0.2) is 52.8 Å². The lowest BCUT2D eigenvalue weighted by Crippen LogP contribution is -2.37. The van der Waals surface area contributed by atoms with Crippen LogP contribution in [-0.2, 0) is 6.18 Å². The lowest BCUT2D eigenvalue weighted by molar-refractivity contribution is -0.137. The molecule has 1 fully saturated rings. The summed E-state index contributed by atoms with van der Waals surface area (Å²) >= 11 is 0. The number of carbonyl (C=O) groups excluding carboxylic acids is 1. The molecule has 0 atom stereocenters. The van der Waals surface area contributed by atoms with E-state index in [1.54, 1.807) is 24.3 Å². The fourth-order valence-electron chi connectivity index (χ4n) is 4.04. The number of nitrogen functional groups attached to an aromatic ring is 1. The van der Waals surface area contributed by atoms with Crippen LogP contribution in [0.4, 0.5) is 41.0 Å². The number of benzene rings is 2. The third kappa shape index (κ3) is 7.45. The summed E-state index contributed by atoms with van der Waals surface area (Å²) in [6, 6.07) is 10.3. The molecule has 1 aromatic heterocycles. The Morgan fingerprint density at radius 2 is 1.74 bits per heavy atom. The Morgan fingerprint density at radius 3 is 2.44 bits per heavy atom. The highest BCUT2D eigenvalue weighted by atomic mass is 19.4. The molecular formula is C27H27F3N8O. The molecule has 0 bridgehead atoms. The van der Waals surface area contributed by atoms with E-state index in [2.05, 4.69) is 49.7 Å². The van der Waals surface area contributed by atoms with Gasteiger partial charge in [0.1, 0.15) is 23.7 Å². The molecule has 202 valence electrons. The number of alkyl halides is 3. The van der Waals surface area contributed by atoms with Crippen LogP contribution in [0.5, 0.6) is 0 Å². The maximum absolute atomic E-state index is 12.9. The van der Waals surface area contributed by atoms with Gasteiger partial charge in [-0.15, -0.1) is 0 Å². The zero-order valence-electron chi connectivity index (χ0n) is 21.1. The standard InChI is InChI=1S/C27H27F3N8O/c1-38-12-10-19(11-13-38)35-25-23(24(32)33-16-34-25)22(31)9-8-17-4-2-6-20(14-17)36-26(39)37-21-7-3-5-18(15-21)27(28,29)30/h2-7,14-16,19,31H,10-13H2,1H3,(H2,36,37,39)(H3,32,33,34,35). The lowest BCUT2D eigenvalue weighted by Gasteiger charge is -2.30. The summed E-state index contributed by atoms with van der Waals surface area (Å²) in [5.74, 6) is 6.25. The summed E-state index contributed by atoms with van der Waals surface area (Å²) in [7, 11) is 2.07. The van der Waals surface area contributed by atoms with Gasteiger partial charge in [0.25, 0.3) is 0 Å². The zero-order chi connectivity index (χ0) is 28.0. The van der Waals surface area contributed by atoms with E-state index in [1.165, 1.54) is 18.5 Å². The Hall–Kier alpha value is -4.63. The number of piperidine rings is 1. The van der Waals surface area contributed by atoms with Gasteiger partial charge in [0.15, 0.2) is 0 Å². The van der Waals surface area contributed by atoms with Crippen molar-refractivity contribution in [2.24, 2.45) is 0 Å². The van der Waals surface area contributed by atoms with Gasteiger partial charge >= 0.3 is 12.2 Å². The Bertz CT molecular complexity index is 1420. The largest absolute Gasteiger partial charge is 0.416 e. The number of nitrogens with zero attached hydrogens (tertiary/aromatic N) is 3. The Labute approximate surface area is 223 Å². The highest BCUT2D eigenvalue weighted by molar-refractivity contribution is 6.16. The molecule has 2 amide bonds. The molecule has 0 radical (unpaired) electrons. The van der Waals surface area contributed by atoms with Gasteiger partial charge in [-0.25, -0.2) is 14.8 Å². The summed E-state index contributed by atoms with van der Waals surface area (Å²) in [5.41, 5.74) is 6.32. The first-order valence-electron chi connectivity index (χ1n) is 12.1. The van der Waals surface area contributed by atoms with Gasteiger partial charge in [-0.05, 0) is 75.3 Å². The van der Waals surface area contributed by atoms with Crippen molar-refractivity contribution < 1.29 is 18.0 Å². The molecule has 2 heterocycles. The number of nitrogens with two attached hydrogens (primary N) is 1. The molecule has 0 spiro atoms. The zero-order valence-corrected chi connectivity index (χ0v) is 21.1. The molecule has 1 aliphatic rings. The number of urea groups is 1. The van der Waals surface area contributed by atoms with Crippen molar-refractivity contribution in [1.82, 2.24) is 14.9 Å². The van der Waals surface area contributed by atoms with E-state index in [4.69, 9.17) is 11.1 Å². The number of rotatable bonds is 5. The van der Waals surface area contributed by atoms with E-state index in [0.717, 1.165) is 38.1 Å². The Balaban J connectivity index is 1.44. The van der Waals surface area contributed by atoms with Gasteiger partial charge in [-0.1, -0.05) is 18.1 Å². The van der Waals surface area contributed by atoms with E-state index in [-0.39, 0.29) is 23.3 Å². The number of halogens is 3. The summed E-state index contributed by atoms with van der Waals surface area (Å²) in [6.07, 6.45) is -1.31. The van der Waals surface area contributed by atoms with E-state index < -0.39 is 17.8 Å². The minimum absolute atomic E-state index is 0.000881. The number of likely N-dealkylation sites (tertiary alicyclic amines) is 1. The fourth-order valence-corrected chi connectivity index (χ4v) is 4.04. The van der Waals surface area contributed by atoms with Crippen LogP contribution in [0.2, 0.25) is 0 Å². The van der Waals surface area contributed by atoms with Gasteiger partial charge in [0.05, 0.1) is 11.1 Å². The summed E-state index contributed by atoms with van der Waals surface area (Å²) < 4.78 is 38.8. The normalized spacial score (nSPS) is 14.2. The lowest BCUT2D eigenvalue weighted by atomic mass is 10.0. The quantitative estimate of drug-likeness (QED) is 0.238. The van der Waals surface area contributed by atoms with Crippen molar-refractivity contribution in [3.8, 4) is 11.8 Å². The second kappa shape index (κ2) is 11.8. The minimum atomic E-state index is -4.52. The molecule has 0 saturated carbocycles. The van der Waals surface area contributed by atoms with Crippen molar-refractivity contribution >= 4 is 34.8 Å². The van der Waals surface area contributed by atoms with Crippen LogP contribution < -0.4 is 21.7 Å². The molecule has 4 rings (SSSR count). The first-order chi connectivity index (χ1) is 18.6. The van der Waals surface area contributed by atoms with Gasteiger partial charge in [0.2, 0.25) is 0 Å². The number of aromatic nitrogens is 2. The number of amides is 2. The van der Waals surface area contributed by atoms with Crippen LogP contribution in [0.25, 0.3) is 0 Å². The van der Waals surface area contributed by atoms with Crippen molar-refractivity contribution in [1.29, 1.82) is 5.41 Å². The fraction of sp³-hybridized carbons (Fsp3) is 0.259. The number of hydrogen-bond acceptors (Lipinski definition) is 7. The molecule has 1 saturated heterocycles. The molecule has 39 heavy (non-hydrogen) atoms. The average Bonchev–Trinajstić information content (AvgIpc) is 2.88. The second-order valence-electron chi connectivity index (χ2n) is 9.07. The molecule has 12 heteroatoms. The second-order valence-corrected chi connectivity index (χ2v) is 9.07. The summed E-state index contributed by atoms with van der Waals surface area (Å²) in [5, 5.41) is 16.8. The van der Waals surface area contributed by atoms with Crippen LogP contribution in [0.1, 0.15) is 29.5 Å². The van der Waals surface area contributed by atoms with Gasteiger partial charge in [-0.2, -0.15) is 13.2 Å². The predicted molar refractivity (Wildman–Crippen MR) is 145 cm³/mol. The van der Waals surface area contributed by atoms with E-state index >= 15 is 0 Å². The first kappa shape index (κ1) is 27.4. The molecule has 6 N–H and O–H groups in total. The monoisotopic (exact) mass is 536 g/mol. The van der Waals surface area contributed by atoms with Crippen molar-refractivity contribution in [3.05, 3.63) is 71.5 Å². The van der Waals surface area contributed by atoms with Crippen molar-refractivity contribution in [2.75, 3.05) is 41.8 Å². The molecule has 2 aromatic carbocycles. The van der Waals surface area contributed by atoms with Gasteiger partial charge < -0.3 is 26.6 Å². The minimum Gasteiger partial charge on any atom is -0.383 e. The van der Waals surface area contributed by atoms with E-state index in [9.17, 15) is 18.0 Å². The van der Waals surface area contributed by atoms with E-state index in [1.807, 2.05) is 0 Å². The SMILES string of the molecule is CN1CCC(Nc2ncnc(N)c2C(=N)C#Cc2cccc(NC(=O)Nc3cccc(C(F)(F)F)c3)c2)CC1. The molecule has 3 aromatic rings. The summed E-state index contributed by atoms with van der Waals surface area (Å²) in [6.45, 7) is 1.90. The van der Waals surface area contributed by atoms with E-state index in [0.29, 0.717) is 22.6 Å². The Morgan fingerprint density at radius 1 is 1.08 bits per heavy atom. The van der Waals surface area contributed by atoms with Crippen LogP contribution in [0, 0.1) is 17.3 Å². The smallest absolute Gasteiger partial charge is 0.383 e. The first-order valence-corrected chi connectivity index (χ1v) is 12.1. The molecular weight excluding hydrogens is 509 g/mol. The molecule has 1 aliphatic heterocycles. The highest BCUT2D eigenvalue weighted by Crippen LogP contribution is 2.30. The molecule has 9 nitrogen and oxygen atoms in total. The van der Waals surface area contributed by atoms with Gasteiger partial charge in [-0.3, -0.25) is 5.41 Å². The summed E-state index contributed by atoms with van der Waals surface area (Å²) in [4.78, 5) is 22.9. The predicted octanol–water partition coefficient (Wildman–Crippen LogP) is 4.65. The Kier molecular flexibility index (Phi) is 8.31.